The van der Waals surface area contributed by atoms with Gasteiger partial charge in [0.2, 0.25) is 0 Å². The zero-order valence-electron chi connectivity index (χ0n) is 7.97. The standard InChI is InChI=1S/C9H12N2O3/c1-11-7(2-3-10-11)8(12)6-9-13-4-5-14-9/h2-3,9H,4-6H2,1H3. The smallest absolute Gasteiger partial charge is 0.185 e. The minimum absolute atomic E-state index is 0.00287. The Labute approximate surface area is 81.6 Å². The maximum Gasteiger partial charge on any atom is 0.185 e. The first-order valence-electron chi connectivity index (χ1n) is 4.52. The molecule has 76 valence electrons. The maximum absolute atomic E-state index is 11.7. The first-order valence-corrected chi connectivity index (χ1v) is 4.52. The molecular weight excluding hydrogens is 184 g/mol. The van der Waals surface area contributed by atoms with Crippen LogP contribution in [-0.4, -0.2) is 35.1 Å². The number of Topliss-reactive ketones (excluding diaryl/α,β-unsaturated/α-hetero) is 1. The molecule has 0 N–H and O–H groups in total. The molecule has 0 aromatic carbocycles. The Morgan fingerprint density at radius 1 is 1.64 bits per heavy atom. The van der Waals surface area contributed by atoms with Crippen molar-refractivity contribution in [3.63, 3.8) is 0 Å². The van der Waals surface area contributed by atoms with Crippen LogP contribution in [0.5, 0.6) is 0 Å². The Morgan fingerprint density at radius 2 is 2.36 bits per heavy atom. The molecule has 5 nitrogen and oxygen atoms in total. The molecule has 14 heavy (non-hydrogen) atoms. The van der Waals surface area contributed by atoms with Crippen molar-refractivity contribution in [1.82, 2.24) is 9.78 Å². The number of hydrogen-bond acceptors (Lipinski definition) is 4. The van der Waals surface area contributed by atoms with Crippen LogP contribution >= 0.6 is 0 Å². The molecule has 0 spiro atoms. The van der Waals surface area contributed by atoms with E-state index in [-0.39, 0.29) is 18.5 Å². The molecule has 0 radical (unpaired) electrons. The maximum atomic E-state index is 11.7. The molecule has 2 heterocycles. The summed E-state index contributed by atoms with van der Waals surface area (Å²) in [6.45, 7) is 1.15. The summed E-state index contributed by atoms with van der Waals surface area (Å²) in [5, 5.41) is 3.93. The molecule has 1 aromatic heterocycles. The minimum Gasteiger partial charge on any atom is -0.350 e. The minimum atomic E-state index is -0.377. The third-order valence-electron chi connectivity index (χ3n) is 2.15. The van der Waals surface area contributed by atoms with Gasteiger partial charge in [-0.25, -0.2) is 0 Å². The predicted octanol–water partition coefficient (Wildman–Crippen LogP) is 0.366. The van der Waals surface area contributed by atoms with E-state index in [0.29, 0.717) is 18.9 Å². The van der Waals surface area contributed by atoms with Crippen LogP contribution in [0.25, 0.3) is 0 Å². The molecule has 0 bridgehead atoms. The van der Waals surface area contributed by atoms with Gasteiger partial charge in [0.05, 0.1) is 19.6 Å². The lowest BCUT2D eigenvalue weighted by Gasteiger charge is -2.07. The van der Waals surface area contributed by atoms with Crippen molar-refractivity contribution in [2.75, 3.05) is 13.2 Å². The number of hydrogen-bond donors (Lipinski definition) is 0. The molecular formula is C9H12N2O3. The van der Waals surface area contributed by atoms with Crippen LogP contribution in [0.15, 0.2) is 12.3 Å². The first kappa shape index (κ1) is 9.36. The molecule has 1 fully saturated rings. The van der Waals surface area contributed by atoms with Crippen LogP contribution in [0.3, 0.4) is 0 Å². The number of ether oxygens (including phenoxy) is 2. The third-order valence-corrected chi connectivity index (χ3v) is 2.15. The van der Waals surface area contributed by atoms with Crippen LogP contribution in [-0.2, 0) is 16.5 Å². The van der Waals surface area contributed by atoms with Crippen molar-refractivity contribution in [1.29, 1.82) is 0 Å². The van der Waals surface area contributed by atoms with Gasteiger partial charge in [-0.15, -0.1) is 0 Å². The Kier molecular flexibility index (Phi) is 2.60. The summed E-state index contributed by atoms with van der Waals surface area (Å²) in [6.07, 6.45) is 1.49. The molecule has 2 rings (SSSR count). The van der Waals surface area contributed by atoms with Crippen molar-refractivity contribution in [2.24, 2.45) is 7.05 Å². The van der Waals surface area contributed by atoms with Gasteiger partial charge in [0, 0.05) is 13.2 Å². The second-order valence-corrected chi connectivity index (χ2v) is 3.14. The summed E-state index contributed by atoms with van der Waals surface area (Å²) >= 11 is 0. The lowest BCUT2D eigenvalue weighted by atomic mass is 10.2. The van der Waals surface area contributed by atoms with Gasteiger partial charge >= 0.3 is 0 Å². The van der Waals surface area contributed by atoms with Crippen LogP contribution in [0.4, 0.5) is 0 Å². The van der Waals surface area contributed by atoms with E-state index in [1.54, 1.807) is 24.0 Å². The zero-order chi connectivity index (χ0) is 9.97. The fourth-order valence-electron chi connectivity index (χ4n) is 1.43. The van der Waals surface area contributed by atoms with Gasteiger partial charge in [-0.2, -0.15) is 5.10 Å². The third kappa shape index (κ3) is 1.83. The molecule has 1 aromatic rings. The number of aromatic nitrogens is 2. The molecule has 1 aliphatic rings. The van der Waals surface area contributed by atoms with Crippen molar-refractivity contribution in [2.45, 2.75) is 12.7 Å². The van der Waals surface area contributed by atoms with Gasteiger partial charge in [-0.05, 0) is 6.07 Å². The van der Waals surface area contributed by atoms with E-state index in [4.69, 9.17) is 9.47 Å². The zero-order valence-corrected chi connectivity index (χ0v) is 7.97. The largest absolute Gasteiger partial charge is 0.350 e. The number of carbonyl (C=O) groups is 1. The fourth-order valence-corrected chi connectivity index (χ4v) is 1.43. The van der Waals surface area contributed by atoms with Gasteiger partial charge in [0.25, 0.3) is 0 Å². The molecule has 0 saturated carbocycles. The van der Waals surface area contributed by atoms with Gasteiger partial charge in [-0.3, -0.25) is 9.48 Å². The molecule has 0 atom stereocenters. The van der Waals surface area contributed by atoms with Crippen LogP contribution < -0.4 is 0 Å². The Hall–Kier alpha value is -1.20. The van der Waals surface area contributed by atoms with E-state index < -0.39 is 0 Å². The van der Waals surface area contributed by atoms with E-state index in [9.17, 15) is 4.79 Å². The summed E-state index contributed by atoms with van der Waals surface area (Å²) in [5.41, 5.74) is 0.587. The highest BCUT2D eigenvalue weighted by molar-refractivity contribution is 5.94. The van der Waals surface area contributed by atoms with Crippen LogP contribution in [0.2, 0.25) is 0 Å². The Morgan fingerprint density at radius 3 is 2.93 bits per heavy atom. The first-order chi connectivity index (χ1) is 6.77. The Balaban J connectivity index is 1.98. The second kappa shape index (κ2) is 3.89. The molecule has 0 unspecified atom stereocenters. The van der Waals surface area contributed by atoms with E-state index in [2.05, 4.69) is 5.10 Å². The topological polar surface area (TPSA) is 53.4 Å². The van der Waals surface area contributed by atoms with E-state index in [0.717, 1.165) is 0 Å². The molecule has 0 amide bonds. The highest BCUT2D eigenvalue weighted by Crippen LogP contribution is 2.11. The molecule has 1 saturated heterocycles. The van der Waals surface area contributed by atoms with Gasteiger partial charge in [0.15, 0.2) is 12.1 Å². The highest BCUT2D eigenvalue weighted by Gasteiger charge is 2.21. The van der Waals surface area contributed by atoms with Crippen molar-refractivity contribution < 1.29 is 14.3 Å². The summed E-state index contributed by atoms with van der Waals surface area (Å²) < 4.78 is 11.9. The summed E-state index contributed by atoms with van der Waals surface area (Å²) in [7, 11) is 1.74. The molecule has 0 aliphatic carbocycles. The number of aryl methyl sites for hydroxylation is 1. The lowest BCUT2D eigenvalue weighted by Crippen LogP contribution is -2.16. The normalized spacial score (nSPS) is 17.5. The van der Waals surface area contributed by atoms with Gasteiger partial charge in [-0.1, -0.05) is 0 Å². The quantitative estimate of drug-likeness (QED) is 0.655. The molecule has 5 heteroatoms. The van der Waals surface area contributed by atoms with Crippen LogP contribution in [0, 0.1) is 0 Å². The number of carbonyl (C=O) groups excluding carboxylic acids is 1. The Bertz CT molecular complexity index is 329. The highest BCUT2D eigenvalue weighted by atomic mass is 16.7. The summed E-state index contributed by atoms with van der Waals surface area (Å²) in [4.78, 5) is 11.7. The van der Waals surface area contributed by atoms with E-state index >= 15 is 0 Å². The monoisotopic (exact) mass is 196 g/mol. The summed E-state index contributed by atoms with van der Waals surface area (Å²) in [6, 6.07) is 1.69. The van der Waals surface area contributed by atoms with E-state index in [1.165, 1.54) is 0 Å². The summed E-state index contributed by atoms with van der Waals surface area (Å²) in [5.74, 6) is -0.00287. The number of nitrogens with zero attached hydrogens (tertiary/aromatic N) is 2. The van der Waals surface area contributed by atoms with Crippen molar-refractivity contribution in [3.05, 3.63) is 18.0 Å². The van der Waals surface area contributed by atoms with Crippen molar-refractivity contribution in [3.8, 4) is 0 Å². The SMILES string of the molecule is Cn1nccc1C(=O)CC1OCCO1. The fraction of sp³-hybridized carbons (Fsp3) is 0.556. The average molecular weight is 196 g/mol. The number of ketones is 1. The lowest BCUT2D eigenvalue weighted by molar-refractivity contribution is -0.0408. The van der Waals surface area contributed by atoms with Crippen molar-refractivity contribution >= 4 is 5.78 Å². The second-order valence-electron chi connectivity index (χ2n) is 3.14. The van der Waals surface area contributed by atoms with Gasteiger partial charge in [0.1, 0.15) is 5.69 Å². The number of rotatable bonds is 3. The van der Waals surface area contributed by atoms with E-state index in [1.807, 2.05) is 0 Å². The van der Waals surface area contributed by atoms with Gasteiger partial charge < -0.3 is 9.47 Å². The average Bonchev–Trinajstić information content (AvgIpc) is 2.75. The molecule has 1 aliphatic heterocycles. The van der Waals surface area contributed by atoms with Crippen LogP contribution in [0.1, 0.15) is 16.9 Å². The predicted molar refractivity (Wildman–Crippen MR) is 47.8 cm³/mol.